The zero-order valence-corrected chi connectivity index (χ0v) is 20.9. The van der Waals surface area contributed by atoms with Crippen molar-refractivity contribution in [2.75, 3.05) is 13.2 Å². The molecule has 0 aliphatic heterocycles. The van der Waals surface area contributed by atoms with E-state index in [-0.39, 0.29) is 30.9 Å². The quantitative estimate of drug-likeness (QED) is 0.444. The van der Waals surface area contributed by atoms with Gasteiger partial charge < -0.3 is 30.5 Å². The van der Waals surface area contributed by atoms with Crippen molar-refractivity contribution in [3.8, 4) is 5.75 Å². The molecule has 0 aliphatic rings. The number of hydrogen-bond acceptors (Lipinski definition) is 6. The predicted octanol–water partition coefficient (Wildman–Crippen LogP) is 2.64. The van der Waals surface area contributed by atoms with Crippen molar-refractivity contribution < 1.29 is 29.3 Å². The molecule has 0 saturated heterocycles. The van der Waals surface area contributed by atoms with Gasteiger partial charge in [-0.2, -0.15) is 0 Å². The molecule has 9 heteroatoms. The van der Waals surface area contributed by atoms with Gasteiger partial charge in [-0.1, -0.05) is 19.9 Å². The van der Waals surface area contributed by atoms with Gasteiger partial charge in [-0.3, -0.25) is 9.59 Å². The van der Waals surface area contributed by atoms with E-state index in [1.54, 1.807) is 67.5 Å². The Morgan fingerprint density at radius 3 is 2.15 bits per heavy atom. The van der Waals surface area contributed by atoms with E-state index in [4.69, 9.17) is 4.74 Å². The monoisotopic (exact) mass is 465 g/mol. The second kappa shape index (κ2) is 11.9. The number of amides is 3. The number of nitrogens with zero attached hydrogens (tertiary/aromatic N) is 1. The molecule has 2 unspecified atom stereocenters. The third-order valence-electron chi connectivity index (χ3n) is 4.76. The molecular weight excluding hydrogens is 426 g/mol. The fourth-order valence-electron chi connectivity index (χ4n) is 3.29. The summed E-state index contributed by atoms with van der Waals surface area (Å²) in [5.41, 5.74) is 0.270. The van der Waals surface area contributed by atoms with E-state index < -0.39 is 35.6 Å². The van der Waals surface area contributed by atoms with E-state index in [1.165, 1.54) is 11.0 Å². The molecular formula is C24H39N3O6. The van der Waals surface area contributed by atoms with Crippen molar-refractivity contribution in [1.29, 1.82) is 0 Å². The van der Waals surface area contributed by atoms with E-state index in [0.717, 1.165) is 0 Å². The largest absolute Gasteiger partial charge is 0.508 e. The highest BCUT2D eigenvalue weighted by Crippen LogP contribution is 2.27. The summed E-state index contributed by atoms with van der Waals surface area (Å²) >= 11 is 0. The molecule has 0 radical (unpaired) electrons. The van der Waals surface area contributed by atoms with Crippen molar-refractivity contribution in [2.24, 2.45) is 5.92 Å². The van der Waals surface area contributed by atoms with Crippen LogP contribution in [-0.4, -0.2) is 63.9 Å². The van der Waals surface area contributed by atoms with Gasteiger partial charge >= 0.3 is 6.09 Å². The fraction of sp³-hybridized carbons (Fsp3) is 0.625. The summed E-state index contributed by atoms with van der Waals surface area (Å²) in [5.74, 6) is -1.22. The smallest absolute Gasteiger partial charge is 0.408 e. The number of nitrogens with one attached hydrogen (secondary N) is 2. The molecule has 0 saturated carbocycles. The molecule has 1 rings (SSSR count). The van der Waals surface area contributed by atoms with Gasteiger partial charge in [-0.05, 0) is 70.7 Å². The maximum absolute atomic E-state index is 13.6. The molecule has 0 spiro atoms. The summed E-state index contributed by atoms with van der Waals surface area (Å²) < 4.78 is 5.31. The number of ether oxygens (including phenoxy) is 1. The Kier molecular flexibility index (Phi) is 10.2. The lowest BCUT2D eigenvalue weighted by Gasteiger charge is -2.35. The zero-order valence-electron chi connectivity index (χ0n) is 20.9. The lowest BCUT2D eigenvalue weighted by atomic mass is 9.97. The molecule has 0 fully saturated rings. The number of aromatic hydroxyl groups is 1. The van der Waals surface area contributed by atoms with Gasteiger partial charge in [0.15, 0.2) is 0 Å². The Balaban J connectivity index is 3.44. The van der Waals surface area contributed by atoms with Crippen LogP contribution in [0.15, 0.2) is 18.2 Å². The van der Waals surface area contributed by atoms with Gasteiger partial charge in [0.1, 0.15) is 23.4 Å². The van der Waals surface area contributed by atoms with E-state index in [1.807, 2.05) is 0 Å². The molecule has 1 aromatic carbocycles. The molecule has 4 N–H and O–H groups in total. The standard InChI is InChI=1S/C24H39N3O6/c1-14(2)19(26-23(32)33-24(6,7)8)22(31)27(11-12-28)20(21(30)25-15(3)4)17-9-10-18(29)16(5)13-17/h9-10,13-15,19-20,28-29H,11-12H2,1-8H3,(H,25,30)(H,26,32). The summed E-state index contributed by atoms with van der Waals surface area (Å²) in [5, 5.41) is 25.1. The van der Waals surface area contributed by atoms with Crippen molar-refractivity contribution in [3.05, 3.63) is 29.3 Å². The lowest BCUT2D eigenvalue weighted by molar-refractivity contribution is -0.144. The van der Waals surface area contributed by atoms with Crippen molar-refractivity contribution in [2.45, 2.75) is 79.1 Å². The number of aryl methyl sites for hydroxylation is 1. The molecule has 0 bridgehead atoms. The summed E-state index contributed by atoms with van der Waals surface area (Å²) in [4.78, 5) is 40.5. The van der Waals surface area contributed by atoms with E-state index in [0.29, 0.717) is 11.1 Å². The topological polar surface area (TPSA) is 128 Å². The number of phenolic OH excluding ortho intramolecular Hbond substituents is 1. The Hall–Kier alpha value is -2.81. The summed E-state index contributed by atoms with van der Waals surface area (Å²) in [6.07, 6.45) is -0.748. The number of phenols is 1. The van der Waals surface area contributed by atoms with Crippen molar-refractivity contribution in [3.63, 3.8) is 0 Å². The SMILES string of the molecule is Cc1cc(C(C(=O)NC(C)C)N(CCO)C(=O)C(NC(=O)OC(C)(C)C)C(C)C)ccc1O. The van der Waals surface area contributed by atoms with Gasteiger partial charge in [0.2, 0.25) is 11.8 Å². The highest BCUT2D eigenvalue weighted by molar-refractivity contribution is 5.92. The first-order chi connectivity index (χ1) is 15.2. The molecule has 2 atom stereocenters. The van der Waals surface area contributed by atoms with Gasteiger partial charge in [-0.25, -0.2) is 4.79 Å². The minimum absolute atomic E-state index is 0.0634. The van der Waals surface area contributed by atoms with Crippen LogP contribution in [0.5, 0.6) is 5.75 Å². The first kappa shape index (κ1) is 28.2. The maximum atomic E-state index is 13.6. The number of alkyl carbamates (subject to hydrolysis) is 1. The molecule has 0 aliphatic carbocycles. The van der Waals surface area contributed by atoms with E-state index in [9.17, 15) is 24.6 Å². The molecule has 186 valence electrons. The Bertz CT molecular complexity index is 832. The van der Waals surface area contributed by atoms with Gasteiger partial charge in [0.05, 0.1) is 6.61 Å². The van der Waals surface area contributed by atoms with E-state index >= 15 is 0 Å². The van der Waals surface area contributed by atoms with Crippen molar-refractivity contribution >= 4 is 17.9 Å². The normalized spacial score (nSPS) is 13.4. The minimum Gasteiger partial charge on any atom is -0.508 e. The van der Waals surface area contributed by atoms with Crippen LogP contribution >= 0.6 is 0 Å². The fourth-order valence-corrected chi connectivity index (χ4v) is 3.29. The van der Waals surface area contributed by atoms with Crippen LogP contribution in [0, 0.1) is 12.8 Å². The first-order valence-corrected chi connectivity index (χ1v) is 11.2. The summed E-state index contributed by atoms with van der Waals surface area (Å²) in [6.45, 7) is 13.5. The molecule has 33 heavy (non-hydrogen) atoms. The third-order valence-corrected chi connectivity index (χ3v) is 4.76. The number of aliphatic hydroxyl groups excluding tert-OH is 1. The highest BCUT2D eigenvalue weighted by atomic mass is 16.6. The third kappa shape index (κ3) is 8.57. The maximum Gasteiger partial charge on any atom is 0.408 e. The predicted molar refractivity (Wildman–Crippen MR) is 126 cm³/mol. The van der Waals surface area contributed by atoms with Gasteiger partial charge in [0.25, 0.3) is 0 Å². The van der Waals surface area contributed by atoms with Crippen LogP contribution in [0.2, 0.25) is 0 Å². The summed E-state index contributed by atoms with van der Waals surface area (Å²) in [7, 11) is 0. The Morgan fingerprint density at radius 2 is 1.70 bits per heavy atom. The lowest BCUT2D eigenvalue weighted by Crippen LogP contribution is -2.55. The number of carbonyl (C=O) groups is 3. The average molecular weight is 466 g/mol. The molecule has 1 aromatic rings. The minimum atomic E-state index is -1.08. The zero-order chi connectivity index (χ0) is 25.5. The van der Waals surface area contributed by atoms with E-state index in [2.05, 4.69) is 10.6 Å². The number of hydrogen-bond donors (Lipinski definition) is 4. The average Bonchev–Trinajstić information content (AvgIpc) is 2.65. The van der Waals surface area contributed by atoms with Crippen LogP contribution in [0.1, 0.15) is 65.6 Å². The number of aliphatic hydroxyl groups is 1. The van der Waals surface area contributed by atoms with Crippen LogP contribution in [-0.2, 0) is 14.3 Å². The Labute approximate surface area is 196 Å². The van der Waals surface area contributed by atoms with Crippen LogP contribution in [0.4, 0.5) is 4.79 Å². The first-order valence-electron chi connectivity index (χ1n) is 11.2. The highest BCUT2D eigenvalue weighted by Gasteiger charge is 2.37. The van der Waals surface area contributed by atoms with Gasteiger partial charge in [0, 0.05) is 12.6 Å². The number of rotatable bonds is 9. The molecule has 9 nitrogen and oxygen atoms in total. The number of carbonyl (C=O) groups excluding carboxylic acids is 3. The van der Waals surface area contributed by atoms with Gasteiger partial charge in [-0.15, -0.1) is 0 Å². The van der Waals surface area contributed by atoms with Crippen LogP contribution in [0.3, 0.4) is 0 Å². The summed E-state index contributed by atoms with van der Waals surface area (Å²) in [6, 6.07) is 2.40. The molecule has 3 amide bonds. The Morgan fingerprint density at radius 1 is 1.09 bits per heavy atom. The second-order valence-electron chi connectivity index (χ2n) is 9.73. The second-order valence-corrected chi connectivity index (χ2v) is 9.73. The number of benzene rings is 1. The molecule has 0 aromatic heterocycles. The van der Waals surface area contributed by atoms with Crippen molar-refractivity contribution in [1.82, 2.24) is 15.5 Å². The van der Waals surface area contributed by atoms with Crippen LogP contribution < -0.4 is 10.6 Å². The molecule has 0 heterocycles. The van der Waals surface area contributed by atoms with Crippen LogP contribution in [0.25, 0.3) is 0 Å².